The number of hydrogen-bond acceptors (Lipinski definition) is 1. The Morgan fingerprint density at radius 3 is 2.79 bits per heavy atom. The minimum absolute atomic E-state index is 0.180. The van der Waals surface area contributed by atoms with Crippen LogP contribution in [0.2, 0.25) is 0 Å². The zero-order valence-corrected chi connectivity index (χ0v) is 10.1. The van der Waals surface area contributed by atoms with E-state index >= 15 is 0 Å². The zero-order chi connectivity index (χ0) is 10.6. The largest absolute Gasteiger partial charge is 0.374 e. The molecule has 1 atom stereocenters. The van der Waals surface area contributed by atoms with Crippen molar-refractivity contribution < 1.29 is 4.39 Å². The summed E-state index contributed by atoms with van der Waals surface area (Å²) in [6, 6.07) is 6.68. The topological polar surface area (TPSA) is 3.24 Å². The lowest BCUT2D eigenvalue weighted by Crippen LogP contribution is -2.24. The van der Waals surface area contributed by atoms with Gasteiger partial charge in [-0.1, -0.05) is 28.9 Å². The van der Waals surface area contributed by atoms with E-state index in [9.17, 15) is 4.39 Å². The minimum atomic E-state index is -0.180. The molecule has 0 aliphatic heterocycles. The molecule has 0 spiro atoms. The summed E-state index contributed by atoms with van der Waals surface area (Å²) in [5.41, 5.74) is 0.929. The summed E-state index contributed by atoms with van der Waals surface area (Å²) in [6.45, 7) is 3.08. The monoisotopic (exact) mass is 259 g/mol. The van der Waals surface area contributed by atoms with E-state index in [1.165, 1.54) is 6.07 Å². The molecule has 0 heterocycles. The Bertz CT molecular complexity index is 290. The van der Waals surface area contributed by atoms with Crippen molar-refractivity contribution in [2.75, 3.05) is 23.8 Å². The molecule has 3 heteroatoms. The molecule has 0 aliphatic rings. The van der Waals surface area contributed by atoms with Crippen LogP contribution in [0.4, 0.5) is 10.1 Å². The molecule has 0 bridgehead atoms. The minimum Gasteiger partial charge on any atom is -0.374 e. The number of halogens is 2. The van der Waals surface area contributed by atoms with Gasteiger partial charge in [0.25, 0.3) is 0 Å². The van der Waals surface area contributed by atoms with Gasteiger partial charge in [-0.25, -0.2) is 4.39 Å². The van der Waals surface area contributed by atoms with Gasteiger partial charge in [0.1, 0.15) is 5.82 Å². The number of anilines is 1. The van der Waals surface area contributed by atoms with Crippen molar-refractivity contribution in [3.05, 3.63) is 30.1 Å². The van der Waals surface area contributed by atoms with E-state index in [0.29, 0.717) is 5.92 Å². The van der Waals surface area contributed by atoms with E-state index in [2.05, 4.69) is 27.8 Å². The highest BCUT2D eigenvalue weighted by Gasteiger charge is 2.06. The Hall–Kier alpha value is -0.570. The molecule has 1 aromatic rings. The van der Waals surface area contributed by atoms with E-state index in [4.69, 9.17) is 0 Å². The number of benzene rings is 1. The number of alkyl halides is 1. The zero-order valence-electron chi connectivity index (χ0n) is 8.50. The summed E-state index contributed by atoms with van der Waals surface area (Å²) >= 11 is 3.43. The van der Waals surface area contributed by atoms with Gasteiger partial charge in [-0.3, -0.25) is 0 Å². The van der Waals surface area contributed by atoms with Crippen LogP contribution in [0.25, 0.3) is 0 Å². The van der Waals surface area contributed by atoms with Crippen molar-refractivity contribution in [1.82, 2.24) is 0 Å². The second-order valence-corrected chi connectivity index (χ2v) is 4.27. The van der Waals surface area contributed by atoms with Gasteiger partial charge in [0.2, 0.25) is 0 Å². The Kier molecular flexibility index (Phi) is 4.39. The third-order valence-electron chi connectivity index (χ3n) is 2.10. The predicted molar refractivity (Wildman–Crippen MR) is 62.6 cm³/mol. The summed E-state index contributed by atoms with van der Waals surface area (Å²) in [5, 5.41) is 0.965. The number of rotatable bonds is 4. The smallest absolute Gasteiger partial charge is 0.125 e. The van der Waals surface area contributed by atoms with E-state index in [1.807, 2.05) is 13.1 Å². The first kappa shape index (κ1) is 11.5. The second-order valence-electron chi connectivity index (χ2n) is 3.62. The fourth-order valence-electron chi connectivity index (χ4n) is 1.34. The lowest BCUT2D eigenvalue weighted by molar-refractivity contribution is 0.622. The molecule has 14 heavy (non-hydrogen) atoms. The maximum atomic E-state index is 12.9. The van der Waals surface area contributed by atoms with Crippen LogP contribution in [0.5, 0.6) is 0 Å². The third-order valence-corrected chi connectivity index (χ3v) is 3.20. The molecule has 0 aromatic heterocycles. The van der Waals surface area contributed by atoms with Gasteiger partial charge in [-0.15, -0.1) is 0 Å². The van der Waals surface area contributed by atoms with Crippen molar-refractivity contribution in [1.29, 1.82) is 0 Å². The highest BCUT2D eigenvalue weighted by Crippen LogP contribution is 2.15. The lowest BCUT2D eigenvalue weighted by Gasteiger charge is -2.22. The van der Waals surface area contributed by atoms with Gasteiger partial charge in [-0.2, -0.15) is 0 Å². The first-order chi connectivity index (χ1) is 6.63. The molecule has 1 rings (SSSR count). The molecule has 0 radical (unpaired) electrons. The lowest BCUT2D eigenvalue weighted by atomic mass is 10.2. The van der Waals surface area contributed by atoms with Crippen LogP contribution in [0.1, 0.15) is 6.92 Å². The second kappa shape index (κ2) is 5.35. The van der Waals surface area contributed by atoms with Crippen molar-refractivity contribution in [2.45, 2.75) is 6.92 Å². The quantitative estimate of drug-likeness (QED) is 0.751. The van der Waals surface area contributed by atoms with Gasteiger partial charge in [-0.05, 0) is 24.1 Å². The molecule has 1 nitrogen and oxygen atoms in total. The molecular weight excluding hydrogens is 245 g/mol. The number of nitrogens with zero attached hydrogens (tertiary/aromatic N) is 1. The Morgan fingerprint density at radius 1 is 1.50 bits per heavy atom. The van der Waals surface area contributed by atoms with Crippen LogP contribution >= 0.6 is 15.9 Å². The van der Waals surface area contributed by atoms with Crippen molar-refractivity contribution >= 4 is 21.6 Å². The molecule has 0 amide bonds. The van der Waals surface area contributed by atoms with Crippen LogP contribution in [-0.2, 0) is 0 Å². The Labute approximate surface area is 93.0 Å². The summed E-state index contributed by atoms with van der Waals surface area (Å²) < 4.78 is 12.9. The molecule has 0 saturated carbocycles. The Balaban J connectivity index is 2.64. The average Bonchev–Trinajstić information content (AvgIpc) is 2.17. The van der Waals surface area contributed by atoms with Crippen molar-refractivity contribution in [2.24, 2.45) is 5.92 Å². The summed E-state index contributed by atoms with van der Waals surface area (Å²) in [7, 11) is 1.98. The van der Waals surface area contributed by atoms with Gasteiger partial charge in [0, 0.05) is 24.6 Å². The SMILES string of the molecule is CC(CBr)CN(C)c1cccc(F)c1. The van der Waals surface area contributed by atoms with Gasteiger partial charge in [0.15, 0.2) is 0 Å². The van der Waals surface area contributed by atoms with Crippen LogP contribution in [0.15, 0.2) is 24.3 Å². The maximum absolute atomic E-state index is 12.9. The third kappa shape index (κ3) is 3.29. The fraction of sp³-hybridized carbons (Fsp3) is 0.455. The summed E-state index contributed by atoms with van der Waals surface area (Å²) in [6.07, 6.45) is 0. The molecule has 1 unspecified atom stereocenters. The Morgan fingerprint density at radius 2 is 2.21 bits per heavy atom. The van der Waals surface area contributed by atoms with Crippen LogP contribution < -0.4 is 4.90 Å². The van der Waals surface area contributed by atoms with E-state index < -0.39 is 0 Å². The molecule has 0 aliphatic carbocycles. The van der Waals surface area contributed by atoms with E-state index in [1.54, 1.807) is 12.1 Å². The van der Waals surface area contributed by atoms with Crippen molar-refractivity contribution in [3.8, 4) is 0 Å². The molecule has 0 fully saturated rings. The number of hydrogen-bond donors (Lipinski definition) is 0. The van der Waals surface area contributed by atoms with E-state index in [0.717, 1.165) is 17.6 Å². The summed E-state index contributed by atoms with van der Waals surface area (Å²) in [5.74, 6) is 0.379. The van der Waals surface area contributed by atoms with Crippen molar-refractivity contribution in [3.63, 3.8) is 0 Å². The van der Waals surface area contributed by atoms with Gasteiger partial charge in [0.05, 0.1) is 0 Å². The first-order valence-corrected chi connectivity index (χ1v) is 5.78. The van der Waals surface area contributed by atoms with Gasteiger partial charge < -0.3 is 4.90 Å². The standard InChI is InChI=1S/C11H15BrFN/c1-9(7-12)8-14(2)11-5-3-4-10(13)6-11/h3-6,9H,7-8H2,1-2H3. The van der Waals surface area contributed by atoms with Crippen LogP contribution in [0, 0.1) is 11.7 Å². The molecule has 0 N–H and O–H groups in total. The first-order valence-electron chi connectivity index (χ1n) is 4.66. The molecular formula is C11H15BrFN. The average molecular weight is 260 g/mol. The van der Waals surface area contributed by atoms with Crippen LogP contribution in [0.3, 0.4) is 0 Å². The summed E-state index contributed by atoms with van der Waals surface area (Å²) in [4.78, 5) is 2.06. The van der Waals surface area contributed by atoms with Gasteiger partial charge >= 0.3 is 0 Å². The molecule has 0 saturated heterocycles. The highest BCUT2D eigenvalue weighted by atomic mass is 79.9. The van der Waals surface area contributed by atoms with E-state index in [-0.39, 0.29) is 5.82 Å². The fourth-order valence-corrected chi connectivity index (χ4v) is 1.54. The normalized spacial score (nSPS) is 12.6. The maximum Gasteiger partial charge on any atom is 0.125 e. The predicted octanol–water partition coefficient (Wildman–Crippen LogP) is 3.29. The molecule has 1 aromatic carbocycles. The molecule has 78 valence electrons. The highest BCUT2D eigenvalue weighted by molar-refractivity contribution is 9.09. The van der Waals surface area contributed by atoms with Crippen LogP contribution in [-0.4, -0.2) is 18.9 Å².